The smallest absolute Gasteiger partial charge is 0.0729 e. The average molecular weight is 224 g/mol. The van der Waals surface area contributed by atoms with Gasteiger partial charge in [-0.2, -0.15) is 0 Å². The highest BCUT2D eigenvalue weighted by Crippen LogP contribution is 2.32. The summed E-state index contributed by atoms with van der Waals surface area (Å²) >= 11 is 5.98. The zero-order chi connectivity index (χ0) is 10.7. The fourth-order valence-electron chi connectivity index (χ4n) is 2.33. The Morgan fingerprint density at radius 2 is 2.00 bits per heavy atom. The third kappa shape index (κ3) is 2.72. The Labute approximate surface area is 96.9 Å². The van der Waals surface area contributed by atoms with Crippen molar-refractivity contribution in [3.8, 4) is 0 Å². The van der Waals surface area contributed by atoms with E-state index in [-0.39, 0.29) is 5.38 Å². The van der Waals surface area contributed by atoms with Crippen molar-refractivity contribution in [3.05, 3.63) is 29.6 Å². The van der Waals surface area contributed by atoms with Crippen molar-refractivity contribution in [2.24, 2.45) is 0 Å². The van der Waals surface area contributed by atoms with Gasteiger partial charge in [0.1, 0.15) is 0 Å². The summed E-state index contributed by atoms with van der Waals surface area (Å²) in [6.07, 6.45) is 8.83. The summed E-state index contributed by atoms with van der Waals surface area (Å²) in [4.78, 5) is 4.42. The second-order valence-corrected chi connectivity index (χ2v) is 5.12. The first kappa shape index (κ1) is 10.9. The summed E-state index contributed by atoms with van der Waals surface area (Å²) in [7, 11) is 0. The molecule has 1 unspecified atom stereocenters. The van der Waals surface area contributed by atoms with E-state index < -0.39 is 0 Å². The topological polar surface area (TPSA) is 12.9 Å². The molecule has 0 aliphatic heterocycles. The van der Waals surface area contributed by atoms with Gasteiger partial charge in [0, 0.05) is 6.20 Å². The Hall–Kier alpha value is -0.560. The number of nitrogens with zero attached hydrogens (tertiary/aromatic N) is 1. The normalized spacial score (nSPS) is 20.1. The lowest BCUT2D eigenvalue weighted by atomic mass is 9.85. The Balaban J connectivity index is 2.08. The quantitative estimate of drug-likeness (QED) is 0.676. The van der Waals surface area contributed by atoms with Crippen molar-refractivity contribution in [1.82, 2.24) is 4.98 Å². The van der Waals surface area contributed by atoms with Crippen molar-refractivity contribution in [2.45, 2.75) is 50.3 Å². The predicted molar refractivity (Wildman–Crippen MR) is 64.3 cm³/mol. The monoisotopic (exact) mass is 223 g/mol. The summed E-state index contributed by atoms with van der Waals surface area (Å²) in [6, 6.07) is 4.28. The lowest BCUT2D eigenvalue weighted by Gasteiger charge is -2.21. The van der Waals surface area contributed by atoms with Gasteiger partial charge >= 0.3 is 0 Å². The number of hydrogen-bond donors (Lipinski definition) is 0. The number of aromatic nitrogens is 1. The van der Waals surface area contributed by atoms with E-state index in [0.717, 1.165) is 11.6 Å². The third-order valence-electron chi connectivity index (χ3n) is 3.29. The summed E-state index contributed by atoms with van der Waals surface area (Å²) in [5.74, 6) is 0.742. The van der Waals surface area contributed by atoms with Crippen LogP contribution in [0.1, 0.15) is 61.6 Å². The maximum absolute atomic E-state index is 5.98. The molecule has 1 nitrogen and oxygen atoms in total. The summed E-state index contributed by atoms with van der Waals surface area (Å²) in [5.41, 5.74) is 2.38. The molecule has 1 aliphatic rings. The van der Waals surface area contributed by atoms with Crippen molar-refractivity contribution >= 4 is 11.6 Å². The molecule has 1 fully saturated rings. The first-order valence-corrected chi connectivity index (χ1v) is 6.31. The molecule has 2 rings (SSSR count). The Morgan fingerprint density at radius 3 is 2.53 bits per heavy atom. The van der Waals surface area contributed by atoms with Crippen LogP contribution in [0.2, 0.25) is 0 Å². The molecule has 2 heteroatoms. The van der Waals surface area contributed by atoms with Gasteiger partial charge in [0.15, 0.2) is 0 Å². The number of rotatable bonds is 2. The summed E-state index contributed by atoms with van der Waals surface area (Å²) < 4.78 is 0. The van der Waals surface area contributed by atoms with E-state index in [1.54, 1.807) is 0 Å². The molecule has 15 heavy (non-hydrogen) atoms. The first-order valence-electron chi connectivity index (χ1n) is 5.87. The zero-order valence-corrected chi connectivity index (χ0v) is 10.0. The fourth-order valence-corrected chi connectivity index (χ4v) is 2.46. The number of halogens is 1. The molecule has 0 aromatic carbocycles. The second-order valence-electron chi connectivity index (χ2n) is 4.47. The van der Waals surface area contributed by atoms with Gasteiger partial charge in [0.25, 0.3) is 0 Å². The van der Waals surface area contributed by atoms with Crippen LogP contribution >= 0.6 is 11.6 Å². The van der Waals surface area contributed by atoms with Gasteiger partial charge in [-0.15, -0.1) is 11.6 Å². The molecule has 1 heterocycles. The van der Waals surface area contributed by atoms with Gasteiger partial charge in [0.05, 0.1) is 11.1 Å². The molecular formula is C13H18ClN. The van der Waals surface area contributed by atoms with Crippen molar-refractivity contribution in [2.75, 3.05) is 0 Å². The van der Waals surface area contributed by atoms with Crippen LogP contribution in [0.15, 0.2) is 18.3 Å². The van der Waals surface area contributed by atoms with Gasteiger partial charge < -0.3 is 0 Å². The summed E-state index contributed by atoms with van der Waals surface area (Å²) in [6.45, 7) is 1.96. The minimum absolute atomic E-state index is 0.0189. The molecule has 1 aliphatic carbocycles. The molecule has 0 bridgehead atoms. The standard InChI is InChI=1S/C13H18ClN/c1-10(14)13-8-7-12(9-15-13)11-5-3-2-4-6-11/h7-11H,2-6H2,1H3. The highest BCUT2D eigenvalue weighted by molar-refractivity contribution is 6.20. The van der Waals surface area contributed by atoms with Gasteiger partial charge in [-0.3, -0.25) is 4.98 Å². The van der Waals surface area contributed by atoms with E-state index >= 15 is 0 Å². The maximum atomic E-state index is 5.98. The number of hydrogen-bond acceptors (Lipinski definition) is 1. The molecule has 0 spiro atoms. The Kier molecular flexibility index (Phi) is 3.63. The number of pyridine rings is 1. The van der Waals surface area contributed by atoms with Crippen LogP contribution < -0.4 is 0 Å². The van der Waals surface area contributed by atoms with E-state index in [1.807, 2.05) is 13.1 Å². The zero-order valence-electron chi connectivity index (χ0n) is 9.25. The molecule has 0 saturated heterocycles. The Bertz CT molecular complexity index is 299. The van der Waals surface area contributed by atoms with E-state index in [0.29, 0.717) is 0 Å². The largest absolute Gasteiger partial charge is 0.259 e. The van der Waals surface area contributed by atoms with Crippen molar-refractivity contribution < 1.29 is 0 Å². The van der Waals surface area contributed by atoms with E-state index in [1.165, 1.54) is 37.7 Å². The van der Waals surface area contributed by atoms with Crippen LogP contribution in [0.25, 0.3) is 0 Å². The molecule has 1 aromatic rings. The van der Waals surface area contributed by atoms with Gasteiger partial charge in [-0.1, -0.05) is 25.3 Å². The Morgan fingerprint density at radius 1 is 1.27 bits per heavy atom. The molecule has 1 atom stereocenters. The molecule has 82 valence electrons. The van der Waals surface area contributed by atoms with E-state index in [2.05, 4.69) is 17.1 Å². The van der Waals surface area contributed by atoms with Crippen LogP contribution in [0.5, 0.6) is 0 Å². The lowest BCUT2D eigenvalue weighted by molar-refractivity contribution is 0.442. The van der Waals surface area contributed by atoms with Gasteiger partial charge in [-0.05, 0) is 37.3 Å². The maximum Gasteiger partial charge on any atom is 0.0729 e. The molecular weight excluding hydrogens is 206 g/mol. The fraction of sp³-hybridized carbons (Fsp3) is 0.615. The highest BCUT2D eigenvalue weighted by atomic mass is 35.5. The number of alkyl halides is 1. The third-order valence-corrected chi connectivity index (χ3v) is 3.52. The van der Waals surface area contributed by atoms with Crippen LogP contribution in [0.4, 0.5) is 0 Å². The molecule has 0 amide bonds. The highest BCUT2D eigenvalue weighted by Gasteiger charge is 2.15. The summed E-state index contributed by atoms with van der Waals surface area (Å²) in [5, 5.41) is 0.0189. The molecule has 1 saturated carbocycles. The van der Waals surface area contributed by atoms with Crippen LogP contribution in [0, 0.1) is 0 Å². The van der Waals surface area contributed by atoms with Crippen LogP contribution in [-0.4, -0.2) is 4.98 Å². The van der Waals surface area contributed by atoms with Crippen LogP contribution in [-0.2, 0) is 0 Å². The first-order chi connectivity index (χ1) is 7.27. The molecule has 1 aromatic heterocycles. The van der Waals surface area contributed by atoms with Gasteiger partial charge in [-0.25, -0.2) is 0 Å². The van der Waals surface area contributed by atoms with Crippen LogP contribution in [0.3, 0.4) is 0 Å². The predicted octanol–water partition coefficient (Wildman–Crippen LogP) is 4.43. The molecule has 0 radical (unpaired) electrons. The SMILES string of the molecule is CC(Cl)c1ccc(C2CCCCC2)cn1. The van der Waals surface area contributed by atoms with Crippen molar-refractivity contribution in [3.63, 3.8) is 0 Å². The minimum atomic E-state index is 0.0189. The van der Waals surface area contributed by atoms with E-state index in [9.17, 15) is 0 Å². The average Bonchev–Trinajstić information content (AvgIpc) is 2.30. The van der Waals surface area contributed by atoms with Crippen molar-refractivity contribution in [1.29, 1.82) is 0 Å². The van der Waals surface area contributed by atoms with E-state index in [4.69, 9.17) is 11.6 Å². The molecule has 0 N–H and O–H groups in total. The lowest BCUT2D eigenvalue weighted by Crippen LogP contribution is -2.05. The second kappa shape index (κ2) is 4.98. The van der Waals surface area contributed by atoms with Gasteiger partial charge in [0.2, 0.25) is 0 Å². The minimum Gasteiger partial charge on any atom is -0.259 e.